The summed E-state index contributed by atoms with van der Waals surface area (Å²) in [6.45, 7) is 1.74. The highest BCUT2D eigenvalue weighted by Gasteiger charge is 2.42. The molecule has 2 heterocycles. The Bertz CT molecular complexity index is 1510. The van der Waals surface area contributed by atoms with Gasteiger partial charge in [0.2, 0.25) is 5.75 Å². The number of phenols is 1. The quantitative estimate of drug-likeness (QED) is 0.227. The molecule has 200 valence electrons. The Balaban J connectivity index is 1.61. The first kappa shape index (κ1) is 26.2. The number of nitrogens with zero attached hydrogens (tertiary/aromatic N) is 1. The van der Waals surface area contributed by atoms with Crippen LogP contribution in [0.2, 0.25) is 0 Å². The molecule has 1 aliphatic carbocycles. The first-order valence-electron chi connectivity index (χ1n) is 12.3. The summed E-state index contributed by atoms with van der Waals surface area (Å²) in [6, 6.07) is 15.7. The summed E-state index contributed by atoms with van der Waals surface area (Å²) >= 11 is 1.58. The Morgan fingerprint density at radius 1 is 1.18 bits per heavy atom. The van der Waals surface area contributed by atoms with Gasteiger partial charge in [-0.2, -0.15) is 0 Å². The van der Waals surface area contributed by atoms with Crippen molar-refractivity contribution in [1.29, 1.82) is 0 Å². The Labute approximate surface area is 228 Å². The molecule has 2 aromatic carbocycles. The SMILES string of the molecule is COc1cc(C2C(C(=O)OCc3ccccc3)=C(C)NC3=C2C(=O)CC(c2cccs2)C3)cc([N+](=O)[O-])c1O. The van der Waals surface area contributed by atoms with Crippen LogP contribution in [0.3, 0.4) is 0 Å². The summed E-state index contributed by atoms with van der Waals surface area (Å²) in [5, 5.41) is 27.4. The molecule has 2 atom stereocenters. The van der Waals surface area contributed by atoms with Gasteiger partial charge in [0.1, 0.15) is 6.61 Å². The van der Waals surface area contributed by atoms with Gasteiger partial charge in [-0.05, 0) is 42.0 Å². The van der Waals surface area contributed by atoms with Gasteiger partial charge in [-0.1, -0.05) is 36.4 Å². The van der Waals surface area contributed by atoms with E-state index in [0.717, 1.165) is 10.4 Å². The lowest BCUT2D eigenvalue weighted by atomic mass is 9.72. The van der Waals surface area contributed by atoms with E-state index in [1.165, 1.54) is 19.2 Å². The van der Waals surface area contributed by atoms with Crippen LogP contribution in [0.1, 0.15) is 47.6 Å². The smallest absolute Gasteiger partial charge is 0.337 e. The summed E-state index contributed by atoms with van der Waals surface area (Å²) in [6.07, 6.45) is 0.777. The van der Waals surface area contributed by atoms with E-state index < -0.39 is 28.2 Å². The summed E-state index contributed by atoms with van der Waals surface area (Å²) in [7, 11) is 1.28. The minimum atomic E-state index is -0.950. The molecule has 0 spiro atoms. The van der Waals surface area contributed by atoms with E-state index in [1.807, 2.05) is 47.8 Å². The number of nitro benzene ring substituents is 1. The molecular weight excluding hydrogens is 520 g/mol. The molecule has 0 radical (unpaired) electrons. The molecule has 1 aromatic heterocycles. The van der Waals surface area contributed by atoms with Gasteiger partial charge in [-0.3, -0.25) is 14.9 Å². The number of ketones is 1. The van der Waals surface area contributed by atoms with Gasteiger partial charge in [0.05, 0.1) is 17.6 Å². The minimum Gasteiger partial charge on any atom is -0.500 e. The molecule has 9 nitrogen and oxygen atoms in total. The van der Waals surface area contributed by atoms with Crippen molar-refractivity contribution in [3.05, 3.63) is 109 Å². The summed E-state index contributed by atoms with van der Waals surface area (Å²) in [5.41, 5.74) is 2.18. The van der Waals surface area contributed by atoms with Gasteiger partial charge < -0.3 is 19.9 Å². The molecular formula is C29H26N2O7S. The lowest BCUT2D eigenvalue weighted by Gasteiger charge is -2.36. The number of hydrogen-bond acceptors (Lipinski definition) is 9. The second kappa shape index (κ2) is 10.7. The topological polar surface area (TPSA) is 128 Å². The van der Waals surface area contributed by atoms with Crippen molar-refractivity contribution >= 4 is 28.8 Å². The van der Waals surface area contributed by atoms with E-state index in [9.17, 15) is 24.8 Å². The number of hydrogen-bond donors (Lipinski definition) is 2. The number of thiophene rings is 1. The number of ether oxygens (including phenoxy) is 2. The number of allylic oxidation sites excluding steroid dienone is 3. The van der Waals surface area contributed by atoms with Crippen LogP contribution < -0.4 is 10.1 Å². The van der Waals surface area contributed by atoms with Gasteiger partial charge in [-0.25, -0.2) is 4.79 Å². The maximum atomic E-state index is 13.7. The number of esters is 1. The van der Waals surface area contributed by atoms with Crippen LogP contribution in [0.4, 0.5) is 5.69 Å². The van der Waals surface area contributed by atoms with E-state index in [4.69, 9.17) is 9.47 Å². The zero-order valence-corrected chi connectivity index (χ0v) is 22.1. The Morgan fingerprint density at radius 2 is 1.95 bits per heavy atom. The van der Waals surface area contributed by atoms with Crippen LogP contribution in [-0.4, -0.2) is 28.9 Å². The fourth-order valence-corrected chi connectivity index (χ4v) is 6.07. The van der Waals surface area contributed by atoms with Crippen molar-refractivity contribution in [2.45, 2.75) is 38.2 Å². The maximum Gasteiger partial charge on any atom is 0.337 e. The highest BCUT2D eigenvalue weighted by Crippen LogP contribution is 2.49. The lowest BCUT2D eigenvalue weighted by Crippen LogP contribution is -2.36. The second-order valence-corrected chi connectivity index (χ2v) is 10.4. The van der Waals surface area contributed by atoms with Crippen molar-refractivity contribution in [1.82, 2.24) is 5.32 Å². The monoisotopic (exact) mass is 546 g/mol. The van der Waals surface area contributed by atoms with E-state index in [2.05, 4.69) is 5.32 Å². The van der Waals surface area contributed by atoms with Crippen LogP contribution in [0.25, 0.3) is 0 Å². The van der Waals surface area contributed by atoms with Crippen molar-refractivity contribution in [3.63, 3.8) is 0 Å². The standard InChI is InChI=1S/C29H26N2O7S/c1-16-25(29(34)38-15-17-7-4-3-5-8-17)26(19-12-21(31(35)36)28(33)23(14-19)37-2)27-20(30-16)11-18(13-22(27)32)24-9-6-10-39-24/h3-10,12,14,18,26,30,33H,11,13,15H2,1-2H3. The average Bonchev–Trinajstić information content (AvgIpc) is 3.47. The Morgan fingerprint density at radius 3 is 2.62 bits per heavy atom. The third-order valence-corrected chi connectivity index (χ3v) is 8.07. The largest absolute Gasteiger partial charge is 0.500 e. The lowest BCUT2D eigenvalue weighted by molar-refractivity contribution is -0.386. The maximum absolute atomic E-state index is 13.7. The summed E-state index contributed by atoms with van der Waals surface area (Å²) < 4.78 is 10.9. The first-order valence-corrected chi connectivity index (χ1v) is 13.2. The van der Waals surface area contributed by atoms with Gasteiger partial charge in [0.25, 0.3) is 0 Å². The van der Waals surface area contributed by atoms with Gasteiger partial charge in [0.15, 0.2) is 11.5 Å². The first-order chi connectivity index (χ1) is 18.8. The molecule has 0 bridgehead atoms. The molecule has 2 N–H and O–H groups in total. The van der Waals surface area contributed by atoms with E-state index >= 15 is 0 Å². The number of carbonyl (C=O) groups excluding carboxylic acids is 2. The fourth-order valence-electron chi connectivity index (χ4n) is 5.24. The number of nitro groups is 1. The van der Waals surface area contributed by atoms with Crippen molar-refractivity contribution in [2.75, 3.05) is 7.11 Å². The van der Waals surface area contributed by atoms with Crippen LogP contribution in [0.5, 0.6) is 11.5 Å². The Kier molecular flexibility index (Phi) is 7.21. The third-order valence-electron chi connectivity index (χ3n) is 7.03. The molecule has 39 heavy (non-hydrogen) atoms. The van der Waals surface area contributed by atoms with Crippen molar-refractivity contribution in [3.8, 4) is 11.5 Å². The van der Waals surface area contributed by atoms with Crippen LogP contribution in [-0.2, 0) is 20.9 Å². The zero-order chi connectivity index (χ0) is 27.7. The predicted octanol–water partition coefficient (Wildman–Crippen LogP) is 5.48. The molecule has 0 saturated heterocycles. The molecule has 5 rings (SSSR count). The van der Waals surface area contributed by atoms with Gasteiger partial charge in [0, 0.05) is 46.2 Å². The van der Waals surface area contributed by atoms with E-state index in [-0.39, 0.29) is 41.6 Å². The summed E-state index contributed by atoms with van der Waals surface area (Å²) in [4.78, 5) is 39.4. The van der Waals surface area contributed by atoms with Crippen LogP contribution in [0, 0.1) is 10.1 Å². The molecule has 2 aliphatic rings. The van der Waals surface area contributed by atoms with Gasteiger partial charge >= 0.3 is 11.7 Å². The van der Waals surface area contributed by atoms with Crippen LogP contribution in [0.15, 0.2) is 82.5 Å². The number of dihydropyridines is 1. The molecule has 3 aromatic rings. The predicted molar refractivity (Wildman–Crippen MR) is 144 cm³/mol. The molecule has 0 amide bonds. The molecule has 2 unspecified atom stereocenters. The van der Waals surface area contributed by atoms with E-state index in [1.54, 1.807) is 18.3 Å². The highest BCUT2D eigenvalue weighted by atomic mass is 32.1. The number of nitrogens with one attached hydrogen (secondary N) is 1. The number of aromatic hydroxyl groups is 1. The third kappa shape index (κ3) is 5.03. The minimum absolute atomic E-state index is 0.0164. The number of carbonyl (C=O) groups is 2. The highest BCUT2D eigenvalue weighted by molar-refractivity contribution is 7.10. The van der Waals surface area contributed by atoms with Crippen LogP contribution >= 0.6 is 11.3 Å². The average molecular weight is 547 g/mol. The number of benzene rings is 2. The molecule has 0 saturated carbocycles. The number of Topliss-reactive ketones (excluding diaryl/α,β-unsaturated/α-hetero) is 1. The number of methoxy groups -OCH3 is 1. The Hall–Kier alpha value is -4.44. The normalized spacial score (nSPS) is 18.9. The van der Waals surface area contributed by atoms with Crippen molar-refractivity contribution < 1.29 is 29.1 Å². The number of rotatable bonds is 7. The molecule has 10 heteroatoms. The second-order valence-electron chi connectivity index (χ2n) is 9.44. The number of phenolic OH excluding ortho intramolecular Hbond substituents is 1. The van der Waals surface area contributed by atoms with E-state index in [0.29, 0.717) is 23.4 Å². The zero-order valence-electron chi connectivity index (χ0n) is 21.3. The molecule has 0 fully saturated rings. The van der Waals surface area contributed by atoms with Crippen molar-refractivity contribution in [2.24, 2.45) is 0 Å². The van der Waals surface area contributed by atoms with Gasteiger partial charge in [-0.15, -0.1) is 11.3 Å². The fraction of sp³-hybridized carbons (Fsp3) is 0.241. The summed E-state index contributed by atoms with van der Waals surface area (Å²) in [5.74, 6) is -2.54. The molecule has 1 aliphatic heterocycles.